The number of allylic oxidation sites excluding steroid dienone is 11. The highest BCUT2D eigenvalue weighted by Crippen LogP contribution is 2.66. The van der Waals surface area contributed by atoms with E-state index in [1.54, 1.807) is 0 Å². The van der Waals surface area contributed by atoms with Gasteiger partial charge in [0.25, 0.3) is 0 Å². The highest BCUT2D eigenvalue weighted by molar-refractivity contribution is 5.96. The third-order valence-electron chi connectivity index (χ3n) is 12.8. The molecule has 0 saturated heterocycles. The molecule has 2 heteroatoms. The van der Waals surface area contributed by atoms with Crippen LogP contribution in [0.4, 0.5) is 0 Å². The average molecular weight is 651 g/mol. The second-order valence-electron chi connectivity index (χ2n) is 15.3. The number of dihydropyridines is 1. The van der Waals surface area contributed by atoms with Crippen LogP contribution >= 0.6 is 0 Å². The molecule has 4 aliphatic carbocycles. The third kappa shape index (κ3) is 5.19. The van der Waals surface area contributed by atoms with Crippen molar-refractivity contribution in [1.29, 1.82) is 0 Å². The zero-order valence-corrected chi connectivity index (χ0v) is 29.1. The van der Waals surface area contributed by atoms with Crippen LogP contribution in [0.15, 0.2) is 170 Å². The lowest BCUT2D eigenvalue weighted by Gasteiger charge is -2.61. The molecule has 5 aliphatic rings. The Morgan fingerprint density at radius 1 is 0.800 bits per heavy atom. The lowest BCUT2D eigenvalue weighted by atomic mass is 9.43. The van der Waals surface area contributed by atoms with Crippen LogP contribution in [0.25, 0.3) is 27.6 Å². The maximum absolute atomic E-state index is 4.65. The van der Waals surface area contributed by atoms with Gasteiger partial charge in [-0.3, -0.25) is 4.98 Å². The molecule has 1 fully saturated rings. The highest BCUT2D eigenvalue weighted by Gasteiger charge is 2.58. The summed E-state index contributed by atoms with van der Waals surface area (Å²) in [4.78, 5) is 4.65. The van der Waals surface area contributed by atoms with E-state index in [0.717, 1.165) is 18.5 Å². The second kappa shape index (κ2) is 12.7. The summed E-state index contributed by atoms with van der Waals surface area (Å²) in [5.41, 5.74) is 7.88. The summed E-state index contributed by atoms with van der Waals surface area (Å²) < 4.78 is 0. The maximum Gasteiger partial charge on any atom is 0.0701 e. The fraction of sp³-hybridized carbons (Fsp3) is 0.271. The average Bonchev–Trinajstić information content (AvgIpc) is 3.18. The maximum atomic E-state index is 4.65. The molecule has 8 unspecified atom stereocenters. The van der Waals surface area contributed by atoms with Gasteiger partial charge >= 0.3 is 0 Å². The minimum atomic E-state index is -0.0261. The number of rotatable bonds is 5. The standard InChI is InChI=1S/C48H46N2/c1-32-11-9-16-42-46(36-21-19-34(20-22-36)44-17-5-7-29-49-44)41-28-25-37(40-15-10-13-33-12-3-4-14-39(33)40)31-43(41)48(2,47(32)42)38-26-23-35(24-27-38)45-18-6-8-30-50-45/h3-15,17-23,25-32,35,41-43,45-47,50H,16,24H2,1-2H3/t32?,35?,41?,42-,43?,45?,46?,47?,48?/m1/s1. The van der Waals surface area contributed by atoms with Crippen molar-refractivity contribution in [1.82, 2.24) is 10.3 Å². The van der Waals surface area contributed by atoms with Crippen LogP contribution in [0.3, 0.4) is 0 Å². The summed E-state index contributed by atoms with van der Waals surface area (Å²) >= 11 is 0. The summed E-state index contributed by atoms with van der Waals surface area (Å²) in [7, 11) is 0. The van der Waals surface area contributed by atoms with E-state index in [4.69, 9.17) is 0 Å². The van der Waals surface area contributed by atoms with E-state index >= 15 is 0 Å². The minimum absolute atomic E-state index is 0.0261. The molecular formula is C48H46N2. The molecule has 1 saturated carbocycles. The van der Waals surface area contributed by atoms with Crippen molar-refractivity contribution in [2.75, 3.05) is 0 Å². The zero-order chi connectivity index (χ0) is 33.7. The van der Waals surface area contributed by atoms with Crippen LogP contribution < -0.4 is 5.32 Å². The summed E-state index contributed by atoms with van der Waals surface area (Å²) in [6, 6.07) is 31.6. The van der Waals surface area contributed by atoms with E-state index < -0.39 is 0 Å². The first-order chi connectivity index (χ1) is 24.6. The third-order valence-corrected chi connectivity index (χ3v) is 12.8. The van der Waals surface area contributed by atoms with Crippen LogP contribution in [0.5, 0.6) is 0 Å². The molecule has 1 aromatic heterocycles. The molecule has 1 aliphatic heterocycles. The molecule has 0 radical (unpaired) electrons. The zero-order valence-electron chi connectivity index (χ0n) is 29.1. The topological polar surface area (TPSA) is 24.9 Å². The van der Waals surface area contributed by atoms with Crippen molar-refractivity contribution in [2.24, 2.45) is 40.9 Å². The minimum Gasteiger partial charge on any atom is -0.384 e. The lowest BCUT2D eigenvalue weighted by molar-refractivity contribution is -0.0194. The van der Waals surface area contributed by atoms with Gasteiger partial charge in [-0.2, -0.15) is 0 Å². The summed E-state index contributed by atoms with van der Waals surface area (Å²) in [5.74, 6) is 3.15. The molecule has 3 aromatic carbocycles. The summed E-state index contributed by atoms with van der Waals surface area (Å²) in [5, 5.41) is 6.22. The second-order valence-corrected chi connectivity index (χ2v) is 15.3. The van der Waals surface area contributed by atoms with Gasteiger partial charge in [-0.05, 0) is 106 Å². The molecule has 2 heterocycles. The number of pyridine rings is 1. The predicted octanol–water partition coefficient (Wildman–Crippen LogP) is 11.3. The molecular weight excluding hydrogens is 605 g/mol. The van der Waals surface area contributed by atoms with Gasteiger partial charge in [-0.25, -0.2) is 0 Å². The van der Waals surface area contributed by atoms with Crippen molar-refractivity contribution < 1.29 is 0 Å². The first kappa shape index (κ1) is 31.1. The SMILES string of the molecule is CC1C=CC[C@@H]2C(c3ccc(-c4ccccn4)cc3)C3C=CC(c4cccc5ccccc45)=CC3C(C)(C3=CCC(C4C=CC=CN4)C=C3)C12. The van der Waals surface area contributed by atoms with Gasteiger partial charge in [-0.1, -0.05) is 147 Å². The quantitative estimate of drug-likeness (QED) is 0.217. The largest absolute Gasteiger partial charge is 0.384 e. The molecule has 0 amide bonds. The predicted molar refractivity (Wildman–Crippen MR) is 209 cm³/mol. The van der Waals surface area contributed by atoms with Crippen molar-refractivity contribution in [2.45, 2.75) is 38.6 Å². The molecule has 9 atom stereocenters. The van der Waals surface area contributed by atoms with Crippen molar-refractivity contribution in [3.8, 4) is 11.3 Å². The molecule has 4 aromatic rings. The van der Waals surface area contributed by atoms with Gasteiger partial charge in [0.15, 0.2) is 0 Å². The summed E-state index contributed by atoms with van der Waals surface area (Å²) in [6.45, 7) is 5.12. The number of hydrogen-bond donors (Lipinski definition) is 1. The van der Waals surface area contributed by atoms with E-state index in [-0.39, 0.29) is 5.41 Å². The molecule has 0 spiro atoms. The molecule has 9 rings (SSSR count). The van der Waals surface area contributed by atoms with E-state index in [1.165, 1.54) is 38.6 Å². The van der Waals surface area contributed by atoms with E-state index in [2.05, 4.69) is 176 Å². The number of aromatic nitrogens is 1. The normalized spacial score (nSPS) is 32.5. The van der Waals surface area contributed by atoms with Crippen molar-refractivity contribution in [3.63, 3.8) is 0 Å². The van der Waals surface area contributed by atoms with Crippen LogP contribution in [0, 0.1) is 40.9 Å². The van der Waals surface area contributed by atoms with Crippen LogP contribution in [0.2, 0.25) is 0 Å². The number of benzene rings is 3. The molecule has 0 bridgehead atoms. The Kier molecular flexibility index (Phi) is 7.91. The van der Waals surface area contributed by atoms with Gasteiger partial charge < -0.3 is 5.32 Å². The van der Waals surface area contributed by atoms with Crippen LogP contribution in [-0.2, 0) is 0 Å². The Morgan fingerprint density at radius 3 is 2.46 bits per heavy atom. The Morgan fingerprint density at radius 2 is 1.66 bits per heavy atom. The van der Waals surface area contributed by atoms with Gasteiger partial charge in [-0.15, -0.1) is 0 Å². The molecule has 1 N–H and O–H groups in total. The van der Waals surface area contributed by atoms with Crippen LogP contribution in [-0.4, -0.2) is 11.0 Å². The smallest absolute Gasteiger partial charge is 0.0701 e. The summed E-state index contributed by atoms with van der Waals surface area (Å²) in [6.07, 6.45) is 33.1. The highest BCUT2D eigenvalue weighted by atomic mass is 14.9. The molecule has 2 nitrogen and oxygen atoms in total. The van der Waals surface area contributed by atoms with E-state index in [1.807, 2.05) is 12.3 Å². The fourth-order valence-corrected chi connectivity index (χ4v) is 10.5. The van der Waals surface area contributed by atoms with Crippen molar-refractivity contribution >= 4 is 16.3 Å². The van der Waals surface area contributed by atoms with Crippen LogP contribution in [0.1, 0.15) is 43.7 Å². The monoisotopic (exact) mass is 650 g/mol. The molecule has 50 heavy (non-hydrogen) atoms. The first-order valence-corrected chi connectivity index (χ1v) is 18.6. The Hall–Kier alpha value is -4.95. The van der Waals surface area contributed by atoms with E-state index in [0.29, 0.717) is 47.5 Å². The Labute approximate surface area is 297 Å². The lowest BCUT2D eigenvalue weighted by Crippen LogP contribution is -2.54. The Balaban J connectivity index is 1.17. The number of nitrogens with zero attached hydrogens (tertiary/aromatic N) is 1. The van der Waals surface area contributed by atoms with Gasteiger partial charge in [0, 0.05) is 23.1 Å². The van der Waals surface area contributed by atoms with E-state index in [9.17, 15) is 0 Å². The number of nitrogens with one attached hydrogen (secondary N) is 1. The van der Waals surface area contributed by atoms with Gasteiger partial charge in [0.1, 0.15) is 0 Å². The van der Waals surface area contributed by atoms with Gasteiger partial charge in [0.05, 0.1) is 11.7 Å². The fourth-order valence-electron chi connectivity index (χ4n) is 10.5. The molecule has 248 valence electrons. The number of hydrogen-bond acceptors (Lipinski definition) is 2. The van der Waals surface area contributed by atoms with Gasteiger partial charge in [0.2, 0.25) is 0 Å². The Bertz CT molecular complexity index is 2100. The van der Waals surface area contributed by atoms with Crippen molar-refractivity contribution in [3.05, 3.63) is 181 Å². The first-order valence-electron chi connectivity index (χ1n) is 18.6. The number of fused-ring (bicyclic) bond motifs is 3.